The van der Waals surface area contributed by atoms with E-state index in [4.69, 9.17) is 5.73 Å². The molecular weight excluding hydrogens is 377 g/mol. The Kier molecular flexibility index (Phi) is 5.10. The van der Waals surface area contributed by atoms with Crippen LogP contribution in [0, 0.1) is 5.82 Å². The molecule has 2 atom stereocenters. The Balaban J connectivity index is 1.71. The number of aryl methyl sites for hydroxylation is 1. The van der Waals surface area contributed by atoms with Crippen molar-refractivity contribution in [3.05, 3.63) is 47.4 Å². The van der Waals surface area contributed by atoms with Gasteiger partial charge in [0.15, 0.2) is 5.65 Å². The highest BCUT2D eigenvalue weighted by molar-refractivity contribution is 5.94. The first-order chi connectivity index (χ1) is 13.9. The van der Waals surface area contributed by atoms with Crippen molar-refractivity contribution in [1.29, 1.82) is 0 Å². The van der Waals surface area contributed by atoms with Gasteiger partial charge in [0.05, 0.1) is 18.4 Å². The number of nitrogens with zero attached hydrogens (tertiary/aromatic N) is 6. The average molecular weight is 399 g/mol. The Bertz CT molecular complexity index is 1050. The average Bonchev–Trinajstić information content (AvgIpc) is 3.33. The molecule has 29 heavy (non-hydrogen) atoms. The molecule has 0 saturated carbocycles. The third kappa shape index (κ3) is 3.75. The Morgan fingerprint density at radius 3 is 3.00 bits per heavy atom. The van der Waals surface area contributed by atoms with Gasteiger partial charge in [0, 0.05) is 18.3 Å². The molecule has 152 valence electrons. The third-order valence-electron chi connectivity index (χ3n) is 5.16. The van der Waals surface area contributed by atoms with Crippen LogP contribution in [-0.4, -0.2) is 48.2 Å². The molecule has 9 nitrogen and oxygen atoms in total. The fourth-order valence-corrected chi connectivity index (χ4v) is 3.75. The molecule has 4 rings (SSSR count). The number of halogens is 1. The minimum atomic E-state index is -1.10. The summed E-state index contributed by atoms with van der Waals surface area (Å²) in [7, 11) is 0. The first-order valence-electron chi connectivity index (χ1n) is 9.54. The van der Waals surface area contributed by atoms with Crippen molar-refractivity contribution in [2.24, 2.45) is 5.73 Å². The fraction of sp³-hybridized carbons (Fsp3) is 0.421. The van der Waals surface area contributed by atoms with Gasteiger partial charge in [-0.3, -0.25) is 4.98 Å². The van der Waals surface area contributed by atoms with Crippen molar-refractivity contribution in [3.8, 4) is 0 Å². The van der Waals surface area contributed by atoms with Gasteiger partial charge >= 0.3 is 5.97 Å². The van der Waals surface area contributed by atoms with Gasteiger partial charge in [-0.25, -0.2) is 18.7 Å². The van der Waals surface area contributed by atoms with E-state index < -0.39 is 11.8 Å². The number of hydrogen-bond donors (Lipinski definition) is 2. The largest absolute Gasteiger partial charge is 0.477 e. The van der Waals surface area contributed by atoms with Crippen LogP contribution in [-0.2, 0) is 6.42 Å². The molecule has 3 aromatic rings. The Morgan fingerprint density at radius 2 is 2.24 bits per heavy atom. The Hall–Kier alpha value is -3.14. The second-order valence-electron chi connectivity index (χ2n) is 7.34. The lowest BCUT2D eigenvalue weighted by molar-refractivity contribution is 0.0698. The van der Waals surface area contributed by atoms with E-state index >= 15 is 0 Å². The second-order valence-corrected chi connectivity index (χ2v) is 7.34. The topological polar surface area (TPSA) is 123 Å². The fourth-order valence-electron chi connectivity index (χ4n) is 3.75. The lowest BCUT2D eigenvalue weighted by atomic mass is 9.99. The van der Waals surface area contributed by atoms with Crippen molar-refractivity contribution in [1.82, 2.24) is 24.6 Å². The molecule has 1 aliphatic rings. The monoisotopic (exact) mass is 399 g/mol. The van der Waals surface area contributed by atoms with Crippen LogP contribution < -0.4 is 10.6 Å². The van der Waals surface area contributed by atoms with Gasteiger partial charge in [-0.15, -0.1) is 0 Å². The summed E-state index contributed by atoms with van der Waals surface area (Å²) in [5.41, 5.74) is 7.74. The maximum atomic E-state index is 14.0. The summed E-state index contributed by atoms with van der Waals surface area (Å²) in [6.45, 7) is 2.61. The Morgan fingerprint density at radius 1 is 1.41 bits per heavy atom. The van der Waals surface area contributed by atoms with Gasteiger partial charge in [0.2, 0.25) is 5.95 Å². The molecule has 1 fully saturated rings. The van der Waals surface area contributed by atoms with Gasteiger partial charge in [0.25, 0.3) is 0 Å². The molecule has 10 heteroatoms. The standard InChI is InChI=1S/C19H22FN7O2/c1-11(21)4-5-15-13(7-12(20)8-22-15)16-3-2-6-26(16)19-23-10-27-17(25-19)14(9-24-27)18(28)29/h7-11,16H,2-6,21H2,1H3,(H,28,29)/t11-,16-/m1/s1. The number of hydrogen-bond acceptors (Lipinski definition) is 7. The molecule has 4 heterocycles. The minimum Gasteiger partial charge on any atom is -0.477 e. The lowest BCUT2D eigenvalue weighted by Gasteiger charge is -2.26. The van der Waals surface area contributed by atoms with Crippen LogP contribution in [0.1, 0.15) is 53.8 Å². The summed E-state index contributed by atoms with van der Waals surface area (Å²) in [5.74, 6) is -1.10. The number of nitrogens with two attached hydrogens (primary N) is 1. The lowest BCUT2D eigenvalue weighted by Crippen LogP contribution is -2.26. The predicted molar refractivity (Wildman–Crippen MR) is 103 cm³/mol. The molecule has 0 spiro atoms. The van der Waals surface area contributed by atoms with Crippen LogP contribution >= 0.6 is 0 Å². The van der Waals surface area contributed by atoms with Crippen molar-refractivity contribution in [2.45, 2.75) is 44.7 Å². The summed E-state index contributed by atoms with van der Waals surface area (Å²) in [6, 6.07) is 1.41. The van der Waals surface area contributed by atoms with E-state index in [0.29, 0.717) is 18.9 Å². The third-order valence-corrected chi connectivity index (χ3v) is 5.16. The normalized spacial score (nSPS) is 17.8. The number of fused-ring (bicyclic) bond motifs is 1. The first kappa shape index (κ1) is 19.2. The van der Waals surface area contributed by atoms with E-state index in [0.717, 1.165) is 30.5 Å². The highest BCUT2D eigenvalue weighted by Crippen LogP contribution is 2.36. The number of aromatic nitrogens is 5. The summed E-state index contributed by atoms with van der Waals surface area (Å²) in [5, 5.41) is 13.3. The summed E-state index contributed by atoms with van der Waals surface area (Å²) < 4.78 is 15.4. The van der Waals surface area contributed by atoms with Crippen molar-refractivity contribution >= 4 is 17.6 Å². The number of carboxylic acids is 1. The number of carboxylic acid groups (broad SMARTS) is 1. The van der Waals surface area contributed by atoms with E-state index in [2.05, 4.69) is 20.1 Å². The molecule has 0 radical (unpaired) electrons. The van der Waals surface area contributed by atoms with E-state index in [9.17, 15) is 14.3 Å². The van der Waals surface area contributed by atoms with E-state index in [-0.39, 0.29) is 23.3 Å². The van der Waals surface area contributed by atoms with Gasteiger partial charge < -0.3 is 15.7 Å². The number of pyridine rings is 1. The molecule has 0 aliphatic carbocycles. The highest BCUT2D eigenvalue weighted by Gasteiger charge is 2.31. The van der Waals surface area contributed by atoms with Gasteiger partial charge in [-0.1, -0.05) is 0 Å². The molecule has 1 aliphatic heterocycles. The molecule has 0 bridgehead atoms. The van der Waals surface area contributed by atoms with E-state index in [1.54, 1.807) is 0 Å². The molecule has 3 aromatic heterocycles. The molecule has 0 aromatic carbocycles. The van der Waals surface area contributed by atoms with Gasteiger partial charge in [-0.05, 0) is 44.2 Å². The number of carbonyl (C=O) groups is 1. The zero-order valence-electron chi connectivity index (χ0n) is 16.0. The van der Waals surface area contributed by atoms with Crippen LogP contribution in [0.2, 0.25) is 0 Å². The molecule has 1 saturated heterocycles. The van der Waals surface area contributed by atoms with E-state index in [1.165, 1.54) is 29.3 Å². The minimum absolute atomic E-state index is 0.00874. The van der Waals surface area contributed by atoms with Crippen molar-refractivity contribution in [2.75, 3.05) is 11.4 Å². The quantitative estimate of drug-likeness (QED) is 0.645. The molecule has 0 amide bonds. The summed E-state index contributed by atoms with van der Waals surface area (Å²) >= 11 is 0. The predicted octanol–water partition coefficient (Wildman–Crippen LogP) is 1.98. The first-order valence-corrected chi connectivity index (χ1v) is 9.54. The second kappa shape index (κ2) is 7.70. The van der Waals surface area contributed by atoms with Crippen molar-refractivity contribution < 1.29 is 14.3 Å². The van der Waals surface area contributed by atoms with Gasteiger partial charge in [0.1, 0.15) is 17.7 Å². The van der Waals surface area contributed by atoms with E-state index in [1.807, 2.05) is 11.8 Å². The zero-order chi connectivity index (χ0) is 20.5. The molecule has 3 N–H and O–H groups in total. The maximum Gasteiger partial charge on any atom is 0.341 e. The smallest absolute Gasteiger partial charge is 0.341 e. The van der Waals surface area contributed by atoms with Crippen LogP contribution in [0.25, 0.3) is 5.65 Å². The molecule has 0 unspecified atom stereocenters. The number of rotatable bonds is 6. The van der Waals surface area contributed by atoms with Crippen molar-refractivity contribution in [3.63, 3.8) is 0 Å². The zero-order valence-corrected chi connectivity index (χ0v) is 16.0. The number of anilines is 1. The maximum absolute atomic E-state index is 14.0. The van der Waals surface area contributed by atoms with Crippen LogP contribution in [0.15, 0.2) is 24.8 Å². The SMILES string of the molecule is C[C@@H](N)CCc1ncc(F)cc1[C@H]1CCCN1c1ncn2ncc(C(=O)O)c2n1. The Labute approximate surface area is 166 Å². The van der Waals surface area contributed by atoms with Crippen LogP contribution in [0.3, 0.4) is 0 Å². The van der Waals surface area contributed by atoms with Crippen LogP contribution in [0.5, 0.6) is 0 Å². The number of aromatic carboxylic acids is 1. The summed E-state index contributed by atoms with van der Waals surface area (Å²) in [6.07, 6.45) is 7.01. The highest BCUT2D eigenvalue weighted by atomic mass is 19.1. The van der Waals surface area contributed by atoms with Gasteiger partial charge in [-0.2, -0.15) is 10.1 Å². The molecular formula is C19H22FN7O2. The van der Waals surface area contributed by atoms with Crippen LogP contribution in [0.4, 0.5) is 10.3 Å². The summed E-state index contributed by atoms with van der Waals surface area (Å²) in [4.78, 5) is 26.5.